The zero-order chi connectivity index (χ0) is 20.5. The Morgan fingerprint density at radius 2 is 2.04 bits per heavy atom. The SMILES string of the molecule is Cc1ccc(NC(=O)CC(C)S(=O)(=O)c2ccc3c(c2)SCC(=O)N3)cc1F. The number of anilines is 2. The summed E-state index contributed by atoms with van der Waals surface area (Å²) in [6.45, 7) is 3.07. The minimum Gasteiger partial charge on any atom is -0.326 e. The van der Waals surface area contributed by atoms with Gasteiger partial charge in [0.15, 0.2) is 9.84 Å². The van der Waals surface area contributed by atoms with Crippen LogP contribution in [-0.2, 0) is 19.4 Å². The molecule has 1 unspecified atom stereocenters. The van der Waals surface area contributed by atoms with Crippen molar-refractivity contribution in [2.75, 3.05) is 16.4 Å². The minimum absolute atomic E-state index is 0.0941. The summed E-state index contributed by atoms with van der Waals surface area (Å²) in [5.74, 6) is -0.872. The third-order valence-electron chi connectivity index (χ3n) is 4.37. The predicted octanol–water partition coefficient (Wildman–Crippen LogP) is 3.37. The van der Waals surface area contributed by atoms with E-state index in [2.05, 4.69) is 10.6 Å². The van der Waals surface area contributed by atoms with E-state index in [4.69, 9.17) is 0 Å². The highest BCUT2D eigenvalue weighted by molar-refractivity contribution is 8.00. The zero-order valence-corrected chi connectivity index (χ0v) is 16.9. The Morgan fingerprint density at radius 3 is 2.75 bits per heavy atom. The van der Waals surface area contributed by atoms with Gasteiger partial charge in [-0.05, 0) is 49.7 Å². The van der Waals surface area contributed by atoms with Gasteiger partial charge < -0.3 is 10.6 Å². The molecule has 148 valence electrons. The van der Waals surface area contributed by atoms with Gasteiger partial charge in [0.1, 0.15) is 5.82 Å². The molecule has 2 aromatic carbocycles. The summed E-state index contributed by atoms with van der Waals surface area (Å²) in [6.07, 6.45) is -0.265. The third kappa shape index (κ3) is 4.36. The number of thioether (sulfide) groups is 1. The number of benzene rings is 2. The fraction of sp³-hybridized carbons (Fsp3) is 0.263. The molecule has 2 N–H and O–H groups in total. The normalized spacial score (nSPS) is 14.8. The lowest BCUT2D eigenvalue weighted by molar-refractivity contribution is -0.116. The standard InChI is InChI=1S/C19H19FN2O4S2/c1-11-3-4-13(8-15(11)20)21-18(23)7-12(2)28(25,26)14-5-6-16-17(9-14)27-10-19(24)22-16/h3-6,8-9,12H,7,10H2,1-2H3,(H,21,23)(H,22,24). The molecular formula is C19H19FN2O4S2. The van der Waals surface area contributed by atoms with Crippen LogP contribution in [0.5, 0.6) is 0 Å². The molecule has 1 atom stereocenters. The Balaban J connectivity index is 1.72. The molecule has 0 aliphatic carbocycles. The molecule has 3 rings (SSSR count). The molecule has 2 amide bonds. The van der Waals surface area contributed by atoms with E-state index in [0.717, 1.165) is 0 Å². The second-order valence-electron chi connectivity index (χ2n) is 6.57. The van der Waals surface area contributed by atoms with Crippen molar-refractivity contribution < 1.29 is 22.4 Å². The second kappa shape index (κ2) is 7.92. The second-order valence-corrected chi connectivity index (χ2v) is 9.95. The lowest BCUT2D eigenvalue weighted by Crippen LogP contribution is -2.25. The molecule has 0 spiro atoms. The predicted molar refractivity (Wildman–Crippen MR) is 107 cm³/mol. The molecule has 2 aromatic rings. The van der Waals surface area contributed by atoms with Crippen LogP contribution in [0.25, 0.3) is 0 Å². The maximum absolute atomic E-state index is 13.6. The van der Waals surface area contributed by atoms with Gasteiger partial charge in [-0.3, -0.25) is 9.59 Å². The number of aryl methyl sites for hydroxylation is 1. The highest BCUT2D eigenvalue weighted by Crippen LogP contribution is 2.34. The molecule has 0 saturated carbocycles. The van der Waals surface area contributed by atoms with Crippen molar-refractivity contribution in [1.82, 2.24) is 0 Å². The Bertz CT molecular complexity index is 1050. The molecule has 1 aliphatic rings. The van der Waals surface area contributed by atoms with Crippen molar-refractivity contribution >= 4 is 44.8 Å². The lowest BCUT2D eigenvalue weighted by Gasteiger charge is -2.18. The molecule has 0 fully saturated rings. The van der Waals surface area contributed by atoms with E-state index in [0.29, 0.717) is 16.1 Å². The van der Waals surface area contributed by atoms with Gasteiger partial charge in [-0.2, -0.15) is 0 Å². The van der Waals surface area contributed by atoms with E-state index in [-0.39, 0.29) is 28.7 Å². The van der Waals surface area contributed by atoms with Crippen molar-refractivity contribution in [3.63, 3.8) is 0 Å². The first-order valence-electron chi connectivity index (χ1n) is 8.53. The maximum Gasteiger partial charge on any atom is 0.234 e. The van der Waals surface area contributed by atoms with Crippen molar-refractivity contribution in [3.8, 4) is 0 Å². The Labute approximate surface area is 166 Å². The first kappa shape index (κ1) is 20.3. The van der Waals surface area contributed by atoms with Crippen LogP contribution in [-0.4, -0.2) is 31.2 Å². The summed E-state index contributed by atoms with van der Waals surface area (Å²) in [7, 11) is -3.75. The number of halogens is 1. The van der Waals surface area contributed by atoms with E-state index < -0.39 is 26.8 Å². The molecule has 1 aliphatic heterocycles. The molecule has 9 heteroatoms. The topological polar surface area (TPSA) is 92.3 Å². The highest BCUT2D eigenvalue weighted by atomic mass is 32.2. The number of amides is 2. The average Bonchev–Trinajstić information content (AvgIpc) is 2.64. The van der Waals surface area contributed by atoms with Gasteiger partial charge in [0.05, 0.1) is 21.6 Å². The van der Waals surface area contributed by atoms with Crippen molar-refractivity contribution in [1.29, 1.82) is 0 Å². The summed E-state index contributed by atoms with van der Waals surface area (Å²) < 4.78 is 39.3. The van der Waals surface area contributed by atoms with E-state index in [1.165, 1.54) is 43.0 Å². The van der Waals surface area contributed by atoms with E-state index in [1.807, 2.05) is 0 Å². The van der Waals surface area contributed by atoms with Crippen LogP contribution in [0.15, 0.2) is 46.2 Å². The maximum atomic E-state index is 13.6. The number of nitrogens with one attached hydrogen (secondary N) is 2. The van der Waals surface area contributed by atoms with Gasteiger partial charge in [0.2, 0.25) is 11.8 Å². The molecule has 0 aromatic heterocycles. The monoisotopic (exact) mass is 422 g/mol. The van der Waals surface area contributed by atoms with Crippen LogP contribution < -0.4 is 10.6 Å². The van der Waals surface area contributed by atoms with Gasteiger partial charge in [-0.25, -0.2) is 12.8 Å². The summed E-state index contributed by atoms with van der Waals surface area (Å²) in [5.41, 5.74) is 1.31. The van der Waals surface area contributed by atoms with E-state index in [9.17, 15) is 22.4 Å². The Kier molecular flexibility index (Phi) is 5.76. The molecule has 28 heavy (non-hydrogen) atoms. The number of rotatable bonds is 5. The Hall–Kier alpha value is -2.39. The molecular weight excluding hydrogens is 403 g/mol. The fourth-order valence-corrected chi connectivity index (χ4v) is 5.01. The lowest BCUT2D eigenvalue weighted by atomic mass is 10.2. The van der Waals surface area contributed by atoms with Crippen molar-refractivity contribution in [2.24, 2.45) is 0 Å². The molecule has 0 radical (unpaired) electrons. The van der Waals surface area contributed by atoms with Crippen molar-refractivity contribution in [3.05, 3.63) is 47.8 Å². The zero-order valence-electron chi connectivity index (χ0n) is 15.3. The average molecular weight is 423 g/mol. The quantitative estimate of drug-likeness (QED) is 0.771. The Morgan fingerprint density at radius 1 is 1.29 bits per heavy atom. The minimum atomic E-state index is -3.75. The summed E-state index contributed by atoms with van der Waals surface area (Å²) in [4.78, 5) is 24.4. The van der Waals surface area contributed by atoms with Crippen LogP contribution in [0.4, 0.5) is 15.8 Å². The smallest absolute Gasteiger partial charge is 0.234 e. The van der Waals surface area contributed by atoms with Crippen LogP contribution in [0.3, 0.4) is 0 Å². The number of fused-ring (bicyclic) bond motifs is 1. The number of carbonyl (C=O) groups is 2. The number of hydrogen-bond donors (Lipinski definition) is 2. The van der Waals surface area contributed by atoms with Gasteiger partial charge in [0.25, 0.3) is 0 Å². The fourth-order valence-electron chi connectivity index (χ4n) is 2.72. The van der Waals surface area contributed by atoms with Crippen LogP contribution >= 0.6 is 11.8 Å². The first-order chi connectivity index (χ1) is 13.2. The molecule has 6 nitrogen and oxygen atoms in total. The molecule has 0 saturated heterocycles. The highest BCUT2D eigenvalue weighted by Gasteiger charge is 2.27. The first-order valence-corrected chi connectivity index (χ1v) is 11.1. The van der Waals surface area contributed by atoms with Crippen LogP contribution in [0.1, 0.15) is 18.9 Å². The van der Waals surface area contributed by atoms with E-state index >= 15 is 0 Å². The third-order valence-corrected chi connectivity index (χ3v) is 7.57. The summed E-state index contributed by atoms with van der Waals surface area (Å²) >= 11 is 1.27. The molecule has 0 bridgehead atoms. The molecule has 1 heterocycles. The van der Waals surface area contributed by atoms with Crippen molar-refractivity contribution in [2.45, 2.75) is 35.3 Å². The number of carbonyl (C=O) groups excluding carboxylic acids is 2. The summed E-state index contributed by atoms with van der Waals surface area (Å²) in [5, 5.41) is 4.24. The largest absolute Gasteiger partial charge is 0.326 e. The number of sulfone groups is 1. The van der Waals surface area contributed by atoms with Gasteiger partial charge in [-0.15, -0.1) is 11.8 Å². The van der Waals surface area contributed by atoms with Gasteiger partial charge in [0, 0.05) is 17.0 Å². The van der Waals surface area contributed by atoms with Crippen LogP contribution in [0.2, 0.25) is 0 Å². The number of hydrogen-bond acceptors (Lipinski definition) is 5. The van der Waals surface area contributed by atoms with E-state index in [1.54, 1.807) is 19.1 Å². The van der Waals surface area contributed by atoms with Gasteiger partial charge >= 0.3 is 0 Å². The van der Waals surface area contributed by atoms with Crippen LogP contribution in [0, 0.1) is 12.7 Å². The van der Waals surface area contributed by atoms with Gasteiger partial charge in [-0.1, -0.05) is 6.07 Å². The summed E-state index contributed by atoms with van der Waals surface area (Å²) in [6, 6.07) is 8.78.